The van der Waals surface area contributed by atoms with Crippen LogP contribution in [0.4, 0.5) is 11.4 Å². The summed E-state index contributed by atoms with van der Waals surface area (Å²) in [4.78, 5) is 26.7. The lowest BCUT2D eigenvalue weighted by Gasteiger charge is -2.29. The third kappa shape index (κ3) is 3.69. The van der Waals surface area contributed by atoms with E-state index in [2.05, 4.69) is 10.5 Å². The average molecular weight is 412 g/mol. The van der Waals surface area contributed by atoms with Crippen molar-refractivity contribution in [1.29, 1.82) is 0 Å². The Morgan fingerprint density at radius 2 is 2.03 bits per heavy atom. The van der Waals surface area contributed by atoms with Crippen LogP contribution in [-0.4, -0.2) is 23.6 Å². The minimum atomic E-state index is -0.337. The number of anilines is 2. The Balaban J connectivity index is 1.64. The van der Waals surface area contributed by atoms with E-state index in [1.165, 1.54) is 0 Å². The summed E-state index contributed by atoms with van der Waals surface area (Å²) in [6.07, 6.45) is 0. The Morgan fingerprint density at radius 3 is 2.76 bits per heavy atom. The molecule has 0 aliphatic carbocycles. The van der Waals surface area contributed by atoms with Gasteiger partial charge in [0.05, 0.1) is 28.5 Å². The highest BCUT2D eigenvalue weighted by atomic mass is 35.5. The van der Waals surface area contributed by atoms with Gasteiger partial charge in [-0.1, -0.05) is 28.9 Å². The molecule has 0 spiro atoms. The second-order valence-corrected chi connectivity index (χ2v) is 7.09. The van der Waals surface area contributed by atoms with Crippen molar-refractivity contribution in [2.75, 3.05) is 16.8 Å². The maximum atomic E-state index is 12.6. The molecule has 29 heavy (non-hydrogen) atoms. The Hall–Kier alpha value is -3.32. The molecule has 0 saturated heterocycles. The summed E-state index contributed by atoms with van der Waals surface area (Å²) < 4.78 is 10.8. The summed E-state index contributed by atoms with van der Waals surface area (Å²) in [5, 5.41) is 7.13. The summed E-state index contributed by atoms with van der Waals surface area (Å²) in [6, 6.07) is 12.0. The number of carbonyl (C=O) groups excluding carboxylic acids is 2. The van der Waals surface area contributed by atoms with E-state index in [9.17, 15) is 9.59 Å². The molecule has 4 rings (SSSR count). The largest absolute Gasteiger partial charge is 0.482 e. The van der Waals surface area contributed by atoms with Gasteiger partial charge in [0, 0.05) is 11.3 Å². The van der Waals surface area contributed by atoms with Crippen LogP contribution >= 0.6 is 11.6 Å². The number of amides is 2. The SMILES string of the molecule is Cc1noc(C)c1CN1C(=O)COc2ccc(NC(=O)c3ccccc3Cl)cc21. The summed E-state index contributed by atoms with van der Waals surface area (Å²) in [6.45, 7) is 3.89. The van der Waals surface area contributed by atoms with Gasteiger partial charge < -0.3 is 19.5 Å². The molecule has 1 aliphatic rings. The molecule has 8 heteroatoms. The summed E-state index contributed by atoms with van der Waals surface area (Å²) in [5.41, 5.74) is 3.03. The zero-order valence-corrected chi connectivity index (χ0v) is 16.6. The Labute approximate surface area is 172 Å². The zero-order chi connectivity index (χ0) is 20.5. The molecule has 0 unspecified atom stereocenters. The van der Waals surface area contributed by atoms with Crippen LogP contribution in [-0.2, 0) is 11.3 Å². The molecule has 0 atom stereocenters. The fraction of sp³-hybridized carbons (Fsp3) is 0.190. The molecule has 7 nitrogen and oxygen atoms in total. The normalized spacial score (nSPS) is 13.1. The lowest BCUT2D eigenvalue weighted by atomic mass is 10.1. The zero-order valence-electron chi connectivity index (χ0n) is 15.9. The maximum Gasteiger partial charge on any atom is 0.265 e. The van der Waals surface area contributed by atoms with Crippen LogP contribution in [0, 0.1) is 13.8 Å². The van der Waals surface area contributed by atoms with Gasteiger partial charge in [0.1, 0.15) is 11.5 Å². The fourth-order valence-corrected chi connectivity index (χ4v) is 3.40. The number of nitrogens with zero attached hydrogens (tertiary/aromatic N) is 2. The molecule has 0 radical (unpaired) electrons. The topological polar surface area (TPSA) is 84.7 Å². The molecule has 148 valence electrons. The van der Waals surface area contributed by atoms with Gasteiger partial charge in [0.2, 0.25) is 0 Å². The molecule has 3 aromatic rings. The van der Waals surface area contributed by atoms with Crippen LogP contribution in [0.1, 0.15) is 27.4 Å². The van der Waals surface area contributed by atoms with Gasteiger partial charge in [0.15, 0.2) is 6.61 Å². The van der Waals surface area contributed by atoms with E-state index < -0.39 is 0 Å². The predicted octanol–water partition coefficient (Wildman–Crippen LogP) is 4.12. The number of benzene rings is 2. The number of nitrogens with one attached hydrogen (secondary N) is 1. The number of hydrogen-bond donors (Lipinski definition) is 1. The summed E-state index contributed by atoms with van der Waals surface area (Å²) in [5.74, 6) is 0.696. The lowest BCUT2D eigenvalue weighted by Crippen LogP contribution is -2.38. The van der Waals surface area contributed by atoms with Gasteiger partial charge in [-0.2, -0.15) is 0 Å². The monoisotopic (exact) mass is 411 g/mol. The first-order chi connectivity index (χ1) is 13.9. The highest BCUT2D eigenvalue weighted by molar-refractivity contribution is 6.34. The standard InChI is InChI=1S/C21H18ClN3O4/c1-12-16(13(2)29-24-12)10-25-18-9-14(7-8-19(18)28-11-20(25)26)23-21(27)15-5-3-4-6-17(15)22/h3-9H,10-11H2,1-2H3,(H,23,27). The number of aromatic nitrogens is 1. The van der Waals surface area contributed by atoms with E-state index in [0.717, 1.165) is 11.3 Å². The van der Waals surface area contributed by atoms with Crippen molar-refractivity contribution >= 4 is 34.8 Å². The Bertz CT molecular complexity index is 1090. The van der Waals surface area contributed by atoms with E-state index in [1.807, 2.05) is 6.92 Å². The Kier molecular flexibility index (Phi) is 4.98. The van der Waals surface area contributed by atoms with Crippen molar-refractivity contribution in [1.82, 2.24) is 5.16 Å². The number of rotatable bonds is 4. The second kappa shape index (κ2) is 7.60. The van der Waals surface area contributed by atoms with Gasteiger partial charge in [-0.15, -0.1) is 0 Å². The minimum absolute atomic E-state index is 0.0539. The molecule has 2 amide bonds. The first-order valence-corrected chi connectivity index (χ1v) is 9.36. The van der Waals surface area contributed by atoms with Crippen LogP contribution < -0.4 is 15.0 Å². The third-order valence-electron chi connectivity index (χ3n) is 4.78. The third-order valence-corrected chi connectivity index (χ3v) is 5.11. The highest BCUT2D eigenvalue weighted by Gasteiger charge is 2.28. The summed E-state index contributed by atoms with van der Waals surface area (Å²) >= 11 is 6.10. The number of ether oxygens (including phenoxy) is 1. The number of aryl methyl sites for hydroxylation is 2. The van der Waals surface area contributed by atoms with Crippen molar-refractivity contribution in [3.05, 3.63) is 70.1 Å². The lowest BCUT2D eigenvalue weighted by molar-refractivity contribution is -0.121. The Morgan fingerprint density at radius 1 is 1.24 bits per heavy atom. The van der Waals surface area contributed by atoms with Gasteiger partial charge in [-0.3, -0.25) is 9.59 Å². The number of fused-ring (bicyclic) bond motifs is 1. The van der Waals surface area contributed by atoms with Crippen molar-refractivity contribution in [3.63, 3.8) is 0 Å². The van der Waals surface area contributed by atoms with E-state index in [1.54, 1.807) is 54.3 Å². The molecule has 0 bridgehead atoms. The van der Waals surface area contributed by atoms with Gasteiger partial charge in [-0.25, -0.2) is 0 Å². The van der Waals surface area contributed by atoms with E-state index in [4.69, 9.17) is 20.9 Å². The average Bonchev–Trinajstić information content (AvgIpc) is 3.02. The smallest absolute Gasteiger partial charge is 0.265 e. The van der Waals surface area contributed by atoms with Gasteiger partial charge in [-0.05, 0) is 44.2 Å². The van der Waals surface area contributed by atoms with Crippen molar-refractivity contribution in [2.45, 2.75) is 20.4 Å². The van der Waals surface area contributed by atoms with E-state index in [0.29, 0.717) is 40.0 Å². The van der Waals surface area contributed by atoms with Crippen LogP contribution in [0.25, 0.3) is 0 Å². The highest BCUT2D eigenvalue weighted by Crippen LogP contribution is 2.36. The minimum Gasteiger partial charge on any atom is -0.482 e. The molecular weight excluding hydrogens is 394 g/mol. The maximum absolute atomic E-state index is 12.6. The van der Waals surface area contributed by atoms with Gasteiger partial charge in [0.25, 0.3) is 11.8 Å². The van der Waals surface area contributed by atoms with Crippen LogP contribution in [0.3, 0.4) is 0 Å². The number of halogens is 1. The molecular formula is C21H18ClN3O4. The molecule has 0 saturated carbocycles. The fourth-order valence-electron chi connectivity index (χ4n) is 3.18. The van der Waals surface area contributed by atoms with Crippen LogP contribution in [0.5, 0.6) is 5.75 Å². The molecule has 2 aromatic carbocycles. The van der Waals surface area contributed by atoms with Crippen LogP contribution in [0.2, 0.25) is 5.02 Å². The molecule has 2 heterocycles. The first-order valence-electron chi connectivity index (χ1n) is 8.99. The van der Waals surface area contributed by atoms with Crippen molar-refractivity contribution < 1.29 is 18.8 Å². The molecule has 0 fully saturated rings. The number of hydrogen-bond acceptors (Lipinski definition) is 5. The van der Waals surface area contributed by atoms with Crippen LogP contribution in [0.15, 0.2) is 47.0 Å². The second-order valence-electron chi connectivity index (χ2n) is 6.69. The number of carbonyl (C=O) groups is 2. The molecule has 1 N–H and O–H groups in total. The quantitative estimate of drug-likeness (QED) is 0.698. The van der Waals surface area contributed by atoms with Gasteiger partial charge >= 0.3 is 0 Å². The molecule has 1 aromatic heterocycles. The first kappa shape index (κ1) is 19.0. The van der Waals surface area contributed by atoms with Crippen molar-refractivity contribution in [3.8, 4) is 5.75 Å². The summed E-state index contributed by atoms with van der Waals surface area (Å²) in [7, 11) is 0. The van der Waals surface area contributed by atoms with E-state index >= 15 is 0 Å². The van der Waals surface area contributed by atoms with E-state index in [-0.39, 0.29) is 18.4 Å². The predicted molar refractivity (Wildman–Crippen MR) is 109 cm³/mol. The van der Waals surface area contributed by atoms with Crippen molar-refractivity contribution in [2.24, 2.45) is 0 Å². The molecule has 1 aliphatic heterocycles.